The highest BCUT2D eigenvalue weighted by Gasteiger charge is 2.24. The van der Waals surface area contributed by atoms with Gasteiger partial charge in [-0.2, -0.15) is 5.21 Å². The summed E-state index contributed by atoms with van der Waals surface area (Å²) in [5, 5.41) is 14.7. The molecule has 0 unspecified atom stereocenters. The number of aromatic nitrogens is 7. The zero-order valence-corrected chi connectivity index (χ0v) is 25.0. The van der Waals surface area contributed by atoms with E-state index < -0.39 is 0 Å². The summed E-state index contributed by atoms with van der Waals surface area (Å²) in [4.78, 5) is 25.2. The predicted octanol–water partition coefficient (Wildman–Crippen LogP) is 6.24. The number of aromatic amines is 1. The Hall–Kier alpha value is -4.21. The number of halogens is 1. The Morgan fingerprint density at radius 3 is 2.33 bits per heavy atom. The number of H-pyrrole nitrogens is 1. The number of carbonyl (C=O) groups is 1. The maximum Gasteiger partial charge on any atom is 0.230 e. The van der Waals surface area contributed by atoms with E-state index in [-0.39, 0.29) is 10.9 Å². The van der Waals surface area contributed by atoms with Gasteiger partial charge in [-0.05, 0) is 53.0 Å². The van der Waals surface area contributed by atoms with Gasteiger partial charge in [-0.25, -0.2) is 4.98 Å². The van der Waals surface area contributed by atoms with Gasteiger partial charge in [0.2, 0.25) is 11.6 Å². The fourth-order valence-corrected chi connectivity index (χ4v) is 5.32. The number of ketones is 1. The van der Waals surface area contributed by atoms with E-state index in [1.807, 2.05) is 34.9 Å². The Morgan fingerprint density at radius 1 is 0.952 bits per heavy atom. The Kier molecular flexibility index (Phi) is 9.51. The summed E-state index contributed by atoms with van der Waals surface area (Å²) in [6, 6.07) is 20.0. The number of aryl methyl sites for hydroxylation is 1. The first-order chi connectivity index (χ1) is 20.5. The summed E-state index contributed by atoms with van der Waals surface area (Å²) in [6.45, 7) is 9.58. The van der Waals surface area contributed by atoms with Crippen LogP contribution in [0.15, 0.2) is 66.9 Å². The number of benzene rings is 2. The third kappa shape index (κ3) is 6.48. The Morgan fingerprint density at radius 2 is 1.69 bits per heavy atom. The standard InChI is InChI=1S/C32H35ClN8O/c1-4-7-12-28-35-31(33)29(30(42)27-18-15-23(19-34-27)20-40(5-2)6-3)41(28)21-22-13-16-24(17-14-22)25-10-8-9-11-26(25)32-36-38-39-37-32/h8-11,13-19H,4-7,12,20-21H2,1-3H3,(H,36,37,38,39). The van der Waals surface area contributed by atoms with Gasteiger partial charge >= 0.3 is 0 Å². The minimum atomic E-state index is -0.227. The Labute approximate surface area is 251 Å². The van der Waals surface area contributed by atoms with Gasteiger partial charge < -0.3 is 4.57 Å². The van der Waals surface area contributed by atoms with Crippen molar-refractivity contribution in [1.29, 1.82) is 0 Å². The maximum atomic E-state index is 13.8. The van der Waals surface area contributed by atoms with E-state index in [1.54, 1.807) is 12.3 Å². The molecule has 10 heteroatoms. The molecule has 5 aromatic rings. The van der Waals surface area contributed by atoms with Crippen LogP contribution in [0, 0.1) is 0 Å². The van der Waals surface area contributed by atoms with Crippen LogP contribution in [0.3, 0.4) is 0 Å². The monoisotopic (exact) mass is 582 g/mol. The summed E-state index contributed by atoms with van der Waals surface area (Å²) in [7, 11) is 0. The number of imidazole rings is 1. The molecule has 3 aromatic heterocycles. The molecule has 0 spiro atoms. The van der Waals surface area contributed by atoms with Gasteiger partial charge in [0, 0.05) is 31.3 Å². The zero-order valence-electron chi connectivity index (χ0n) is 24.2. The van der Waals surface area contributed by atoms with E-state index in [9.17, 15) is 4.79 Å². The number of tetrazole rings is 1. The van der Waals surface area contributed by atoms with Crippen molar-refractivity contribution < 1.29 is 4.79 Å². The third-order valence-electron chi connectivity index (χ3n) is 7.45. The summed E-state index contributed by atoms with van der Waals surface area (Å²) < 4.78 is 1.95. The Bertz CT molecular complexity index is 1610. The van der Waals surface area contributed by atoms with Crippen molar-refractivity contribution in [3.8, 4) is 22.5 Å². The third-order valence-corrected chi connectivity index (χ3v) is 7.71. The zero-order chi connectivity index (χ0) is 29.5. The molecule has 0 amide bonds. The molecule has 216 valence electrons. The number of hydrogen-bond acceptors (Lipinski definition) is 7. The molecule has 0 bridgehead atoms. The van der Waals surface area contributed by atoms with Crippen molar-refractivity contribution in [2.24, 2.45) is 0 Å². The van der Waals surface area contributed by atoms with Crippen LogP contribution in [0.5, 0.6) is 0 Å². The van der Waals surface area contributed by atoms with Gasteiger partial charge in [0.15, 0.2) is 5.15 Å². The second-order valence-corrected chi connectivity index (χ2v) is 10.5. The fraction of sp³-hybridized carbons (Fsp3) is 0.312. The van der Waals surface area contributed by atoms with Crippen LogP contribution >= 0.6 is 11.6 Å². The molecule has 0 aliphatic heterocycles. The largest absolute Gasteiger partial charge is 0.319 e. The second kappa shape index (κ2) is 13.6. The summed E-state index contributed by atoms with van der Waals surface area (Å²) in [5.74, 6) is 1.12. The van der Waals surface area contributed by atoms with Crippen molar-refractivity contribution >= 4 is 17.4 Å². The molecule has 0 aliphatic rings. The van der Waals surface area contributed by atoms with Gasteiger partial charge in [0.05, 0.1) is 0 Å². The molecule has 0 fully saturated rings. The molecule has 2 aromatic carbocycles. The van der Waals surface area contributed by atoms with Gasteiger partial charge in [0.1, 0.15) is 17.2 Å². The second-order valence-electron chi connectivity index (χ2n) is 10.2. The van der Waals surface area contributed by atoms with E-state index in [1.165, 1.54) is 0 Å². The van der Waals surface area contributed by atoms with Crippen molar-refractivity contribution in [3.05, 3.63) is 100 Å². The summed E-state index contributed by atoms with van der Waals surface area (Å²) in [6.07, 6.45) is 4.47. The molecule has 3 heterocycles. The van der Waals surface area contributed by atoms with Gasteiger partial charge in [-0.15, -0.1) is 10.2 Å². The SMILES string of the molecule is CCCCc1nc(Cl)c(C(=O)c2ccc(CN(CC)CC)cn2)n1Cc1ccc(-c2ccccc2-c2nn[nH]n2)cc1. The summed E-state index contributed by atoms with van der Waals surface area (Å²) in [5.41, 5.74) is 5.75. The highest BCUT2D eigenvalue weighted by molar-refractivity contribution is 6.33. The minimum absolute atomic E-state index is 0.214. The van der Waals surface area contributed by atoms with Crippen molar-refractivity contribution in [3.63, 3.8) is 0 Å². The molecule has 9 nitrogen and oxygen atoms in total. The van der Waals surface area contributed by atoms with Crippen LogP contribution in [0.25, 0.3) is 22.5 Å². The van der Waals surface area contributed by atoms with E-state index in [4.69, 9.17) is 11.6 Å². The van der Waals surface area contributed by atoms with Gasteiger partial charge in [-0.3, -0.25) is 14.7 Å². The molecule has 0 saturated carbocycles. The normalized spacial score (nSPS) is 11.4. The number of unbranched alkanes of at least 4 members (excludes halogenated alkanes) is 1. The van der Waals surface area contributed by atoms with Crippen molar-refractivity contribution in [1.82, 2.24) is 40.1 Å². The average molecular weight is 583 g/mol. The molecule has 0 atom stereocenters. The average Bonchev–Trinajstić information content (AvgIpc) is 3.67. The molecule has 1 N–H and O–H groups in total. The quantitative estimate of drug-likeness (QED) is 0.164. The summed E-state index contributed by atoms with van der Waals surface area (Å²) >= 11 is 6.64. The lowest BCUT2D eigenvalue weighted by Crippen LogP contribution is -2.22. The Balaban J connectivity index is 1.43. The van der Waals surface area contributed by atoms with Crippen LogP contribution in [0.1, 0.15) is 66.7 Å². The smallest absolute Gasteiger partial charge is 0.230 e. The van der Waals surface area contributed by atoms with Crippen LogP contribution in [0.4, 0.5) is 0 Å². The highest BCUT2D eigenvalue weighted by atomic mass is 35.5. The molecule has 5 rings (SSSR count). The number of nitrogens with zero attached hydrogens (tertiary/aromatic N) is 7. The fourth-order valence-electron chi connectivity index (χ4n) is 5.04. The molecular weight excluding hydrogens is 548 g/mol. The molecular formula is C32H35ClN8O. The van der Waals surface area contributed by atoms with E-state index in [0.717, 1.165) is 72.5 Å². The topological polar surface area (TPSA) is 105 Å². The lowest BCUT2D eigenvalue weighted by molar-refractivity contribution is 0.102. The van der Waals surface area contributed by atoms with Crippen LogP contribution in [-0.4, -0.2) is 58.9 Å². The van der Waals surface area contributed by atoms with Crippen molar-refractivity contribution in [2.75, 3.05) is 13.1 Å². The number of carbonyl (C=O) groups excluding carboxylic acids is 1. The predicted molar refractivity (Wildman–Crippen MR) is 164 cm³/mol. The van der Waals surface area contributed by atoms with Crippen molar-refractivity contribution in [2.45, 2.75) is 53.1 Å². The van der Waals surface area contributed by atoms with Crippen LogP contribution < -0.4 is 0 Å². The first-order valence-electron chi connectivity index (χ1n) is 14.4. The number of pyridine rings is 1. The maximum absolute atomic E-state index is 13.8. The lowest BCUT2D eigenvalue weighted by Gasteiger charge is -2.17. The van der Waals surface area contributed by atoms with Crippen LogP contribution in [-0.2, 0) is 19.5 Å². The van der Waals surface area contributed by atoms with E-state index in [2.05, 4.69) is 80.5 Å². The first-order valence-corrected chi connectivity index (χ1v) is 14.8. The number of rotatable bonds is 13. The molecule has 0 radical (unpaired) electrons. The molecule has 0 saturated heterocycles. The number of hydrogen-bond donors (Lipinski definition) is 1. The first kappa shape index (κ1) is 29.3. The van der Waals surface area contributed by atoms with E-state index in [0.29, 0.717) is 23.8 Å². The van der Waals surface area contributed by atoms with Gasteiger partial charge in [0.25, 0.3) is 0 Å². The number of nitrogens with one attached hydrogen (secondary N) is 1. The van der Waals surface area contributed by atoms with Gasteiger partial charge in [-0.1, -0.05) is 93.4 Å². The minimum Gasteiger partial charge on any atom is -0.319 e. The highest BCUT2D eigenvalue weighted by Crippen LogP contribution is 2.30. The molecule has 0 aliphatic carbocycles. The van der Waals surface area contributed by atoms with E-state index >= 15 is 0 Å². The van der Waals surface area contributed by atoms with Crippen LogP contribution in [0.2, 0.25) is 5.15 Å². The lowest BCUT2D eigenvalue weighted by atomic mass is 9.98. The molecule has 42 heavy (non-hydrogen) atoms.